The molecule has 4 rings (SSSR count). The van der Waals surface area contributed by atoms with Gasteiger partial charge in [-0.15, -0.1) is 0 Å². The number of carbonyl (C=O) groups excluding carboxylic acids is 3. The third-order valence-electron chi connectivity index (χ3n) is 9.83. The minimum atomic E-state index is -2.30. The molecule has 0 bridgehead atoms. The fourth-order valence-electron chi connectivity index (χ4n) is 7.63. The third kappa shape index (κ3) is 6.23. The molecule has 0 aromatic rings. The molecule has 4 aliphatic rings. The number of ketones is 1. The molecule has 0 aromatic heterocycles. The molecule has 248 valence electrons. The maximum absolute atomic E-state index is 17.2. The molecular weight excluding hydrogens is 605 g/mol. The Labute approximate surface area is 259 Å². The molecule has 0 amide bonds. The summed E-state index contributed by atoms with van der Waals surface area (Å²) in [6.07, 6.45) is 0.604. The van der Waals surface area contributed by atoms with Crippen molar-refractivity contribution in [1.29, 1.82) is 0 Å². The molecule has 0 unspecified atom stereocenters. The van der Waals surface area contributed by atoms with Gasteiger partial charge in [-0.3, -0.25) is 24.0 Å². The van der Waals surface area contributed by atoms with Gasteiger partial charge >= 0.3 is 17.9 Å². The van der Waals surface area contributed by atoms with Gasteiger partial charge in [0, 0.05) is 41.9 Å². The molecule has 3 fully saturated rings. The van der Waals surface area contributed by atoms with E-state index in [0.717, 1.165) is 6.08 Å². The summed E-state index contributed by atoms with van der Waals surface area (Å²) < 4.78 is 51.8. The van der Waals surface area contributed by atoms with Crippen molar-refractivity contribution in [1.82, 2.24) is 0 Å². The number of allylic oxidation sites excluding steroid dienone is 4. The number of aliphatic hydroxyl groups is 1. The summed E-state index contributed by atoms with van der Waals surface area (Å²) in [5, 5.41) is 26.2. The summed E-state index contributed by atoms with van der Waals surface area (Å²) in [6.45, 7) is 9.65. The number of ether oxygens (including phenoxy) is 1. The zero-order valence-corrected chi connectivity index (χ0v) is 26.7. The molecule has 9 atom stereocenters. The highest BCUT2D eigenvalue weighted by Crippen LogP contribution is 2.72. The first-order valence-electron chi connectivity index (χ1n) is 14.7. The van der Waals surface area contributed by atoms with Crippen molar-refractivity contribution < 1.29 is 57.2 Å². The second-order valence-corrected chi connectivity index (χ2v) is 13.0. The monoisotopic (exact) mass is 648 g/mol. The summed E-state index contributed by atoms with van der Waals surface area (Å²) in [4.78, 5) is 56.5. The van der Waals surface area contributed by atoms with Crippen LogP contribution in [0.3, 0.4) is 0 Å². The summed E-state index contributed by atoms with van der Waals surface area (Å²) in [5.74, 6) is -4.79. The van der Waals surface area contributed by atoms with Gasteiger partial charge in [0.2, 0.25) is 5.12 Å². The van der Waals surface area contributed by atoms with Crippen LogP contribution in [-0.4, -0.2) is 73.7 Å². The van der Waals surface area contributed by atoms with Gasteiger partial charge in [-0.1, -0.05) is 40.7 Å². The molecule has 13 heteroatoms. The van der Waals surface area contributed by atoms with Crippen LogP contribution in [0.15, 0.2) is 23.8 Å². The van der Waals surface area contributed by atoms with Crippen molar-refractivity contribution in [2.45, 2.75) is 104 Å². The number of aliphatic carboxylic acids is 2. The van der Waals surface area contributed by atoms with Crippen molar-refractivity contribution in [3.63, 3.8) is 0 Å². The van der Waals surface area contributed by atoms with Gasteiger partial charge in [-0.25, -0.2) is 13.2 Å². The zero-order chi connectivity index (χ0) is 33.8. The van der Waals surface area contributed by atoms with E-state index in [9.17, 15) is 33.5 Å². The van der Waals surface area contributed by atoms with Crippen LogP contribution >= 0.6 is 11.8 Å². The highest BCUT2D eigenvalue weighted by atomic mass is 32.2. The fraction of sp³-hybridized carbons (Fsp3) is 0.710. The first-order chi connectivity index (χ1) is 20.4. The van der Waals surface area contributed by atoms with Gasteiger partial charge in [0.15, 0.2) is 17.1 Å². The van der Waals surface area contributed by atoms with Gasteiger partial charge in [-0.05, 0) is 61.6 Å². The fourth-order valence-corrected chi connectivity index (χ4v) is 8.42. The lowest BCUT2D eigenvalue weighted by Gasteiger charge is -2.63. The third-order valence-corrected chi connectivity index (χ3v) is 10.5. The number of carbonyl (C=O) groups is 5. The molecule has 0 radical (unpaired) electrons. The van der Waals surface area contributed by atoms with Crippen molar-refractivity contribution in [3.8, 4) is 0 Å². The summed E-state index contributed by atoms with van der Waals surface area (Å²) >= 11 is 0.396. The standard InChI is InChI=1S/C25H31F3O5S.2C3H6O2/c1-5-20(31)33-25(21(32)34-12-26)13(2)8-15-16-10-18(27)17-9-14(29)6-7-22(17,3)24(16,28)19(30)11-23(15,25)4;2*1-2-3(4)5/h6-7,9,13,15-16,18-19,30H,5,8,10-12H2,1-4H3;2*2H2,1H3,(H,4,5)/t13-,15+,16+,18+,19+,22+,23+,24+,25+;;/m1../s1. The Hall–Kier alpha value is -2.67. The zero-order valence-electron chi connectivity index (χ0n) is 25.9. The van der Waals surface area contributed by atoms with Crippen LogP contribution in [0.5, 0.6) is 0 Å². The Balaban J connectivity index is 0.000000586. The molecule has 0 saturated heterocycles. The maximum Gasteiger partial charge on any atom is 0.306 e. The normalized spacial score (nSPS) is 38.3. The van der Waals surface area contributed by atoms with Crippen molar-refractivity contribution >= 4 is 40.6 Å². The Morgan fingerprint density at radius 3 is 2.05 bits per heavy atom. The van der Waals surface area contributed by atoms with Crippen LogP contribution in [0.1, 0.15) is 80.1 Å². The van der Waals surface area contributed by atoms with E-state index >= 15 is 8.78 Å². The van der Waals surface area contributed by atoms with Crippen molar-refractivity contribution in [2.24, 2.45) is 28.6 Å². The number of hydrogen-bond acceptors (Lipinski definition) is 8. The van der Waals surface area contributed by atoms with E-state index in [1.54, 1.807) is 34.6 Å². The van der Waals surface area contributed by atoms with Gasteiger partial charge in [0.1, 0.15) is 12.2 Å². The van der Waals surface area contributed by atoms with E-state index in [2.05, 4.69) is 0 Å². The number of esters is 1. The SMILES string of the molecule is CCC(=O)O.CCC(=O)O.CCC(=O)O[C@]1(C(=O)SCF)[C@H](C)C[C@H]2[C@@H]3C[C@H](F)C4=CC(=O)C=C[C@]4(C)[C@@]3(F)[C@@H](O)C[C@@]21C. The molecule has 0 aromatic carbocycles. The van der Waals surface area contributed by atoms with Crippen LogP contribution in [0.25, 0.3) is 0 Å². The molecule has 4 aliphatic carbocycles. The molecule has 0 spiro atoms. The van der Waals surface area contributed by atoms with E-state index in [4.69, 9.17) is 14.9 Å². The highest BCUT2D eigenvalue weighted by molar-refractivity contribution is 8.13. The number of rotatable bonds is 6. The lowest BCUT2D eigenvalue weighted by molar-refractivity contribution is -0.228. The van der Waals surface area contributed by atoms with Crippen LogP contribution in [0.2, 0.25) is 0 Å². The topological polar surface area (TPSA) is 155 Å². The molecule has 44 heavy (non-hydrogen) atoms. The Morgan fingerprint density at radius 2 is 1.57 bits per heavy atom. The van der Waals surface area contributed by atoms with Crippen molar-refractivity contribution in [3.05, 3.63) is 23.8 Å². The minimum Gasteiger partial charge on any atom is -0.481 e. The predicted molar refractivity (Wildman–Crippen MR) is 157 cm³/mol. The predicted octanol–water partition coefficient (Wildman–Crippen LogP) is 5.39. The Bertz CT molecular complexity index is 1190. The lowest BCUT2D eigenvalue weighted by Crippen LogP contribution is -2.70. The number of aliphatic hydroxyl groups excluding tert-OH is 1. The van der Waals surface area contributed by atoms with E-state index in [-0.39, 0.29) is 44.1 Å². The summed E-state index contributed by atoms with van der Waals surface area (Å²) in [5.41, 5.74) is -6.84. The van der Waals surface area contributed by atoms with Gasteiger partial charge in [-0.2, -0.15) is 0 Å². The molecule has 0 heterocycles. The summed E-state index contributed by atoms with van der Waals surface area (Å²) in [6, 6.07) is -1.02. The quantitative estimate of drug-likeness (QED) is 0.319. The Kier molecular flexibility index (Phi) is 12.1. The molecule has 9 nitrogen and oxygen atoms in total. The lowest BCUT2D eigenvalue weighted by atomic mass is 9.44. The van der Waals surface area contributed by atoms with E-state index in [1.165, 1.54) is 19.1 Å². The van der Waals surface area contributed by atoms with Crippen LogP contribution in [0.4, 0.5) is 13.2 Å². The highest BCUT2D eigenvalue weighted by Gasteiger charge is 2.78. The van der Waals surface area contributed by atoms with Crippen molar-refractivity contribution in [2.75, 3.05) is 6.01 Å². The molecular formula is C31H43F3O9S. The van der Waals surface area contributed by atoms with Crippen LogP contribution < -0.4 is 0 Å². The molecule has 0 aliphatic heterocycles. The minimum absolute atomic E-state index is 0.0141. The average Bonchev–Trinajstić information content (AvgIpc) is 3.18. The van der Waals surface area contributed by atoms with E-state index in [0.29, 0.717) is 11.8 Å². The number of alkyl halides is 3. The maximum atomic E-state index is 17.2. The Morgan fingerprint density at radius 1 is 1.02 bits per heavy atom. The van der Waals surface area contributed by atoms with E-state index in [1.807, 2.05) is 0 Å². The van der Waals surface area contributed by atoms with Gasteiger partial charge < -0.3 is 20.1 Å². The van der Waals surface area contributed by atoms with Gasteiger partial charge in [0.05, 0.1) is 6.10 Å². The number of halogens is 3. The molecule has 3 saturated carbocycles. The average molecular weight is 649 g/mol. The first-order valence-corrected chi connectivity index (χ1v) is 15.7. The first kappa shape index (κ1) is 37.5. The number of fused-ring (bicyclic) bond motifs is 5. The largest absolute Gasteiger partial charge is 0.481 e. The second-order valence-electron chi connectivity index (χ2n) is 12.1. The second kappa shape index (κ2) is 14.2. The smallest absolute Gasteiger partial charge is 0.306 e. The number of hydrogen-bond donors (Lipinski definition) is 3. The van der Waals surface area contributed by atoms with E-state index < -0.39 is 86.9 Å². The van der Waals surface area contributed by atoms with Crippen LogP contribution in [-0.2, 0) is 28.7 Å². The number of thioether (sulfide) groups is 1. The molecule has 3 N–H and O–H groups in total. The van der Waals surface area contributed by atoms with Crippen LogP contribution in [0, 0.1) is 28.6 Å². The number of carboxylic acid groups (broad SMARTS) is 2. The number of carboxylic acids is 2. The summed E-state index contributed by atoms with van der Waals surface area (Å²) in [7, 11) is 0. The van der Waals surface area contributed by atoms with Gasteiger partial charge in [0.25, 0.3) is 0 Å².